The van der Waals surface area contributed by atoms with E-state index in [2.05, 4.69) is 21.1 Å². The summed E-state index contributed by atoms with van der Waals surface area (Å²) in [6, 6.07) is 12.1. The number of nitrogens with two attached hydrogens (primary N) is 1. The highest BCUT2D eigenvalue weighted by Crippen LogP contribution is 2.44. The molecule has 1 atom stereocenters. The van der Waals surface area contributed by atoms with Gasteiger partial charge < -0.3 is 15.8 Å². The lowest BCUT2D eigenvalue weighted by Crippen LogP contribution is -2.50. The summed E-state index contributed by atoms with van der Waals surface area (Å²) in [6.07, 6.45) is 8.95. The van der Waals surface area contributed by atoms with E-state index in [1.807, 2.05) is 10.9 Å². The van der Waals surface area contributed by atoms with Gasteiger partial charge in [0.1, 0.15) is 17.3 Å². The third-order valence-electron chi connectivity index (χ3n) is 8.32. The van der Waals surface area contributed by atoms with Crippen LogP contribution in [0.3, 0.4) is 0 Å². The fourth-order valence-electron chi connectivity index (χ4n) is 5.88. The normalized spacial score (nSPS) is 19.3. The van der Waals surface area contributed by atoms with Crippen molar-refractivity contribution in [3.05, 3.63) is 76.7 Å². The topological polar surface area (TPSA) is 124 Å². The SMILES string of the molecule is Nc1ncc(C2=CCC(NC3COC3)CC2)c2c1c(-c1ccc(NS(=O)(=O)Cc3ccccc3Cl)c(F)c1)nn2C1CC1. The Morgan fingerprint density at radius 2 is 1.93 bits per heavy atom. The summed E-state index contributed by atoms with van der Waals surface area (Å²) < 4.78 is 50.7. The van der Waals surface area contributed by atoms with E-state index < -0.39 is 15.8 Å². The molecule has 0 spiro atoms. The van der Waals surface area contributed by atoms with Crippen LogP contribution >= 0.6 is 11.6 Å². The van der Waals surface area contributed by atoms with Crippen LogP contribution in [0.25, 0.3) is 27.7 Å². The van der Waals surface area contributed by atoms with Gasteiger partial charge in [-0.3, -0.25) is 9.40 Å². The summed E-state index contributed by atoms with van der Waals surface area (Å²) in [5.74, 6) is -0.773. The van der Waals surface area contributed by atoms with E-state index in [9.17, 15) is 8.42 Å². The van der Waals surface area contributed by atoms with E-state index in [4.69, 9.17) is 27.2 Å². The number of allylic oxidation sites excluding steroid dienone is 1. The van der Waals surface area contributed by atoms with Gasteiger partial charge in [-0.1, -0.05) is 41.9 Å². The first-order chi connectivity index (χ1) is 20.8. The number of fused-ring (bicyclic) bond motifs is 1. The van der Waals surface area contributed by atoms with Crippen molar-refractivity contribution >= 4 is 49.6 Å². The summed E-state index contributed by atoms with van der Waals surface area (Å²) >= 11 is 6.13. The summed E-state index contributed by atoms with van der Waals surface area (Å²) in [6.45, 7) is 1.55. The highest BCUT2D eigenvalue weighted by molar-refractivity contribution is 7.91. The summed E-state index contributed by atoms with van der Waals surface area (Å²) in [5.41, 5.74) is 10.9. The number of aromatic nitrogens is 3. The van der Waals surface area contributed by atoms with Crippen molar-refractivity contribution in [2.24, 2.45) is 0 Å². The zero-order chi connectivity index (χ0) is 29.7. The molecule has 3 aliphatic rings. The highest BCUT2D eigenvalue weighted by atomic mass is 35.5. The molecule has 1 unspecified atom stereocenters. The van der Waals surface area contributed by atoms with Gasteiger partial charge in [0.05, 0.1) is 47.6 Å². The lowest BCUT2D eigenvalue weighted by Gasteiger charge is -2.33. The minimum atomic E-state index is -3.92. The Kier molecular flexibility index (Phi) is 7.37. The van der Waals surface area contributed by atoms with Crippen molar-refractivity contribution in [3.63, 3.8) is 0 Å². The van der Waals surface area contributed by atoms with Gasteiger partial charge in [0.25, 0.3) is 0 Å². The molecule has 7 rings (SSSR count). The van der Waals surface area contributed by atoms with Crippen molar-refractivity contribution in [2.75, 3.05) is 23.7 Å². The Morgan fingerprint density at radius 3 is 2.60 bits per heavy atom. The molecule has 1 aliphatic heterocycles. The fraction of sp³-hybridized carbons (Fsp3) is 0.355. The molecule has 224 valence electrons. The molecule has 12 heteroatoms. The molecule has 1 saturated carbocycles. The van der Waals surface area contributed by atoms with Crippen molar-refractivity contribution in [1.29, 1.82) is 0 Å². The zero-order valence-corrected chi connectivity index (χ0v) is 25.0. The number of anilines is 2. The number of sulfonamides is 1. The largest absolute Gasteiger partial charge is 0.383 e. The van der Waals surface area contributed by atoms with Crippen molar-refractivity contribution < 1.29 is 17.5 Å². The van der Waals surface area contributed by atoms with Gasteiger partial charge in [0, 0.05) is 28.4 Å². The Labute approximate surface area is 254 Å². The van der Waals surface area contributed by atoms with Crippen molar-refractivity contribution in [1.82, 2.24) is 20.1 Å². The summed E-state index contributed by atoms with van der Waals surface area (Å²) in [4.78, 5) is 4.54. The van der Waals surface area contributed by atoms with Crippen molar-refractivity contribution in [3.8, 4) is 11.3 Å². The van der Waals surface area contributed by atoms with Crippen LogP contribution in [0.2, 0.25) is 5.02 Å². The van der Waals surface area contributed by atoms with Crippen LogP contribution in [0.15, 0.2) is 54.7 Å². The molecule has 9 nitrogen and oxygen atoms in total. The minimum absolute atomic E-state index is 0.155. The Bertz CT molecular complexity index is 1850. The van der Waals surface area contributed by atoms with Crippen LogP contribution in [-0.4, -0.2) is 48.5 Å². The standard InChI is InChI=1S/C31H32ClFN6O3S/c32-25-4-2-1-3-20(25)17-43(40,41)38-27-12-7-19(13-26(27)33)29-28-30(39(37-29)23-10-11-23)24(14-35-31(28)34)18-5-8-21(9-6-18)36-22-15-42-16-22/h1-5,7,12-14,21-23,36,38H,6,8-11,15-17H2,(H2,34,35). The second-order valence-electron chi connectivity index (χ2n) is 11.6. The average molecular weight is 623 g/mol. The van der Waals surface area contributed by atoms with Crippen LogP contribution in [0.1, 0.15) is 49.3 Å². The number of hydrogen-bond donors (Lipinski definition) is 3. The van der Waals surface area contributed by atoms with Gasteiger partial charge in [0.15, 0.2) is 0 Å². The number of hydrogen-bond acceptors (Lipinski definition) is 7. The predicted molar refractivity (Wildman–Crippen MR) is 167 cm³/mol. The fourth-order valence-corrected chi connectivity index (χ4v) is 7.40. The Balaban J connectivity index is 1.20. The molecule has 0 bridgehead atoms. The van der Waals surface area contributed by atoms with Crippen molar-refractivity contribution in [2.45, 2.75) is 56.0 Å². The zero-order valence-electron chi connectivity index (χ0n) is 23.4. The van der Waals surface area contributed by atoms with Gasteiger partial charge in [-0.2, -0.15) is 5.10 Å². The molecular weight excluding hydrogens is 591 g/mol. The quantitative estimate of drug-likeness (QED) is 0.220. The Hall–Kier alpha value is -3.51. The first-order valence-electron chi connectivity index (χ1n) is 14.5. The molecule has 4 aromatic rings. The number of pyridine rings is 1. The number of nitrogens with one attached hydrogen (secondary N) is 2. The molecule has 3 heterocycles. The molecule has 4 N–H and O–H groups in total. The van der Waals surface area contributed by atoms with Gasteiger partial charge >= 0.3 is 0 Å². The smallest absolute Gasteiger partial charge is 0.237 e. The molecule has 2 aliphatic carbocycles. The maximum absolute atomic E-state index is 15.4. The molecule has 43 heavy (non-hydrogen) atoms. The average Bonchev–Trinajstić information content (AvgIpc) is 3.73. The molecule has 2 fully saturated rings. The number of nitrogen functional groups attached to an aromatic ring is 1. The number of ether oxygens (including phenoxy) is 1. The van der Waals surface area contributed by atoms with Crippen LogP contribution < -0.4 is 15.8 Å². The second-order valence-corrected chi connectivity index (χ2v) is 13.7. The molecule has 1 saturated heterocycles. The van der Waals surface area contributed by atoms with Crippen LogP contribution in [-0.2, 0) is 20.5 Å². The minimum Gasteiger partial charge on any atom is -0.383 e. The van der Waals surface area contributed by atoms with Crippen LogP contribution in [0.5, 0.6) is 0 Å². The van der Waals surface area contributed by atoms with E-state index in [1.54, 1.807) is 30.3 Å². The van der Waals surface area contributed by atoms with Gasteiger partial charge in [-0.25, -0.2) is 17.8 Å². The van der Waals surface area contributed by atoms with Gasteiger partial charge in [0.2, 0.25) is 10.0 Å². The number of nitrogens with zero attached hydrogens (tertiary/aromatic N) is 3. The van der Waals surface area contributed by atoms with E-state index in [0.717, 1.165) is 56.4 Å². The molecule has 2 aromatic heterocycles. The van der Waals surface area contributed by atoms with E-state index in [1.165, 1.54) is 17.7 Å². The second kappa shape index (κ2) is 11.2. The van der Waals surface area contributed by atoms with Gasteiger partial charge in [-0.15, -0.1) is 0 Å². The maximum Gasteiger partial charge on any atom is 0.237 e. The molecule has 2 aromatic carbocycles. The first kappa shape index (κ1) is 28.3. The maximum atomic E-state index is 15.4. The number of benzene rings is 2. The monoisotopic (exact) mass is 622 g/mol. The molecule has 0 radical (unpaired) electrons. The third kappa shape index (κ3) is 5.74. The third-order valence-corrected chi connectivity index (χ3v) is 9.92. The van der Waals surface area contributed by atoms with Crippen LogP contribution in [0, 0.1) is 5.82 Å². The molecule has 0 amide bonds. The van der Waals surface area contributed by atoms with E-state index >= 15 is 4.39 Å². The summed E-state index contributed by atoms with van der Waals surface area (Å²) in [7, 11) is -3.92. The lowest BCUT2D eigenvalue weighted by molar-refractivity contribution is -0.0103. The number of halogens is 2. The van der Waals surface area contributed by atoms with Crippen LogP contribution in [0.4, 0.5) is 15.9 Å². The van der Waals surface area contributed by atoms with E-state index in [-0.39, 0.29) is 17.5 Å². The Morgan fingerprint density at radius 1 is 1.12 bits per heavy atom. The number of rotatable bonds is 9. The molecular formula is C31H32ClFN6O3S. The highest BCUT2D eigenvalue weighted by Gasteiger charge is 2.32. The summed E-state index contributed by atoms with van der Waals surface area (Å²) in [5, 5.41) is 9.63. The lowest BCUT2D eigenvalue weighted by atomic mass is 9.89. The van der Waals surface area contributed by atoms with E-state index in [0.29, 0.717) is 45.1 Å². The predicted octanol–water partition coefficient (Wildman–Crippen LogP) is 5.67. The van der Waals surface area contributed by atoms with Gasteiger partial charge in [-0.05, 0) is 61.4 Å². The first-order valence-corrected chi connectivity index (χ1v) is 16.5.